The highest BCUT2D eigenvalue weighted by atomic mass is 32.2. The number of nitrogens with one attached hydrogen (secondary N) is 2. The SMILES string of the molecule is CSN(C)c1ncccc1CNc1c(C#N)cnc2[nH]c(C(=O)N3CCOCC3)cc12. The smallest absolute Gasteiger partial charge is 0.270 e. The zero-order valence-corrected chi connectivity index (χ0v) is 18.2. The number of nitriles is 1. The number of aromatic nitrogens is 3. The lowest BCUT2D eigenvalue weighted by atomic mass is 10.1. The summed E-state index contributed by atoms with van der Waals surface area (Å²) in [4.78, 5) is 26.5. The van der Waals surface area contributed by atoms with Crippen LogP contribution >= 0.6 is 11.9 Å². The van der Waals surface area contributed by atoms with Crippen LogP contribution in [0.15, 0.2) is 30.6 Å². The number of rotatable bonds is 6. The topological polar surface area (TPSA) is 110 Å². The highest BCUT2D eigenvalue weighted by molar-refractivity contribution is 7.99. The van der Waals surface area contributed by atoms with Crippen LogP contribution in [0.5, 0.6) is 0 Å². The molecule has 10 heteroatoms. The van der Waals surface area contributed by atoms with E-state index in [1.54, 1.807) is 29.1 Å². The molecular formula is C21H23N7O2S. The van der Waals surface area contributed by atoms with Gasteiger partial charge in [0.1, 0.15) is 23.2 Å². The van der Waals surface area contributed by atoms with Gasteiger partial charge in [0.15, 0.2) is 0 Å². The minimum absolute atomic E-state index is 0.0955. The number of amides is 1. The molecule has 0 radical (unpaired) electrons. The molecule has 0 saturated carbocycles. The van der Waals surface area contributed by atoms with Gasteiger partial charge < -0.3 is 24.2 Å². The first kappa shape index (κ1) is 21.0. The Labute approximate surface area is 184 Å². The molecule has 0 spiro atoms. The minimum atomic E-state index is -0.0955. The van der Waals surface area contributed by atoms with E-state index in [1.165, 1.54) is 6.20 Å². The van der Waals surface area contributed by atoms with Crippen molar-refractivity contribution >= 4 is 40.4 Å². The third kappa shape index (κ3) is 4.28. The number of aromatic amines is 1. The summed E-state index contributed by atoms with van der Waals surface area (Å²) < 4.78 is 7.32. The Kier molecular flexibility index (Phi) is 6.25. The summed E-state index contributed by atoms with van der Waals surface area (Å²) in [6, 6.07) is 7.84. The van der Waals surface area contributed by atoms with E-state index in [1.807, 2.05) is 29.7 Å². The molecule has 3 aromatic rings. The zero-order valence-electron chi connectivity index (χ0n) is 17.4. The summed E-state index contributed by atoms with van der Waals surface area (Å²) in [6.07, 6.45) is 5.26. The van der Waals surface area contributed by atoms with Crippen LogP contribution < -0.4 is 9.62 Å². The fourth-order valence-electron chi connectivity index (χ4n) is 3.52. The first-order valence-electron chi connectivity index (χ1n) is 9.86. The van der Waals surface area contributed by atoms with Gasteiger partial charge >= 0.3 is 0 Å². The number of pyridine rings is 2. The van der Waals surface area contributed by atoms with Gasteiger partial charge in [-0.3, -0.25) is 4.79 Å². The molecule has 1 aliphatic rings. The molecule has 0 bridgehead atoms. The molecule has 1 fully saturated rings. The van der Waals surface area contributed by atoms with Gasteiger partial charge in [-0.25, -0.2) is 9.97 Å². The predicted molar refractivity (Wildman–Crippen MR) is 121 cm³/mol. The van der Waals surface area contributed by atoms with Crippen LogP contribution in [0.2, 0.25) is 0 Å². The average molecular weight is 438 g/mol. The number of anilines is 2. The number of fused-ring (bicyclic) bond motifs is 1. The Bertz CT molecular complexity index is 1130. The molecule has 4 rings (SSSR count). The summed E-state index contributed by atoms with van der Waals surface area (Å²) >= 11 is 1.57. The molecular weight excluding hydrogens is 414 g/mol. The van der Waals surface area contributed by atoms with Gasteiger partial charge in [0.2, 0.25) is 0 Å². The Morgan fingerprint density at radius 2 is 2.23 bits per heavy atom. The molecule has 1 saturated heterocycles. The molecule has 1 aliphatic heterocycles. The Balaban J connectivity index is 1.65. The fraction of sp³-hybridized carbons (Fsp3) is 0.333. The second-order valence-corrected chi connectivity index (χ2v) is 7.94. The van der Waals surface area contributed by atoms with Gasteiger partial charge in [-0.05, 0) is 12.1 Å². The summed E-state index contributed by atoms with van der Waals surface area (Å²) in [5.74, 6) is 0.755. The number of carbonyl (C=O) groups is 1. The summed E-state index contributed by atoms with van der Waals surface area (Å²) in [5, 5.41) is 13.7. The normalized spacial score (nSPS) is 13.8. The number of H-pyrrole nitrogens is 1. The lowest BCUT2D eigenvalue weighted by molar-refractivity contribution is 0.0299. The first-order valence-corrected chi connectivity index (χ1v) is 11.0. The number of ether oxygens (including phenoxy) is 1. The average Bonchev–Trinajstić information content (AvgIpc) is 3.26. The lowest BCUT2D eigenvalue weighted by Gasteiger charge is -2.26. The van der Waals surface area contributed by atoms with Crippen molar-refractivity contribution in [1.82, 2.24) is 19.9 Å². The van der Waals surface area contributed by atoms with Crippen molar-refractivity contribution < 1.29 is 9.53 Å². The van der Waals surface area contributed by atoms with E-state index in [0.717, 1.165) is 11.4 Å². The lowest BCUT2D eigenvalue weighted by Crippen LogP contribution is -2.40. The van der Waals surface area contributed by atoms with Crippen molar-refractivity contribution in [2.75, 3.05) is 49.2 Å². The molecule has 9 nitrogen and oxygen atoms in total. The largest absolute Gasteiger partial charge is 0.379 e. The summed E-state index contributed by atoms with van der Waals surface area (Å²) in [6.45, 7) is 2.66. The van der Waals surface area contributed by atoms with Crippen LogP contribution in [0.25, 0.3) is 11.0 Å². The molecule has 31 heavy (non-hydrogen) atoms. The van der Waals surface area contributed by atoms with Gasteiger partial charge in [0.25, 0.3) is 5.91 Å². The van der Waals surface area contributed by atoms with E-state index in [9.17, 15) is 10.1 Å². The van der Waals surface area contributed by atoms with Crippen molar-refractivity contribution in [3.8, 4) is 6.07 Å². The molecule has 160 valence electrons. The van der Waals surface area contributed by atoms with Gasteiger partial charge in [-0.2, -0.15) is 5.26 Å². The Morgan fingerprint density at radius 1 is 1.42 bits per heavy atom. The quantitative estimate of drug-likeness (QED) is 0.567. The molecule has 2 N–H and O–H groups in total. The third-order valence-corrected chi connectivity index (χ3v) is 5.92. The highest BCUT2D eigenvalue weighted by Gasteiger charge is 2.22. The predicted octanol–water partition coefficient (Wildman–Crippen LogP) is 2.63. The van der Waals surface area contributed by atoms with Crippen molar-refractivity contribution in [2.45, 2.75) is 6.54 Å². The molecule has 0 unspecified atom stereocenters. The Hall–Kier alpha value is -3.29. The van der Waals surface area contributed by atoms with Gasteiger partial charge in [-0.1, -0.05) is 18.0 Å². The third-order valence-electron chi connectivity index (χ3n) is 5.20. The molecule has 3 aromatic heterocycles. The van der Waals surface area contributed by atoms with E-state index in [2.05, 4.69) is 26.3 Å². The summed E-state index contributed by atoms with van der Waals surface area (Å²) in [5.41, 5.74) is 3.07. The second kappa shape index (κ2) is 9.24. The number of nitrogens with zero attached hydrogens (tertiary/aromatic N) is 5. The van der Waals surface area contributed by atoms with Gasteiger partial charge in [0.05, 0.1) is 24.5 Å². The van der Waals surface area contributed by atoms with Gasteiger partial charge in [-0.15, -0.1) is 0 Å². The molecule has 0 atom stereocenters. The number of carbonyl (C=O) groups excluding carboxylic acids is 1. The highest BCUT2D eigenvalue weighted by Crippen LogP contribution is 2.29. The molecule has 4 heterocycles. The van der Waals surface area contributed by atoms with Crippen molar-refractivity contribution in [3.63, 3.8) is 0 Å². The fourth-order valence-corrected chi connectivity index (χ4v) is 3.86. The standard InChI is InChI=1S/C21H23N7O2S/c1-27(31-2)20-14(4-3-5-23-20)12-24-18-15(11-22)13-25-19-16(18)10-17(26-19)21(29)28-6-8-30-9-7-28/h3-5,10,13H,6-9,12H2,1-2H3,(H2,24,25,26). The summed E-state index contributed by atoms with van der Waals surface area (Å²) in [7, 11) is 1.96. The molecule has 0 aromatic carbocycles. The maximum Gasteiger partial charge on any atom is 0.270 e. The van der Waals surface area contributed by atoms with E-state index >= 15 is 0 Å². The van der Waals surface area contributed by atoms with E-state index < -0.39 is 0 Å². The van der Waals surface area contributed by atoms with E-state index in [4.69, 9.17) is 4.74 Å². The van der Waals surface area contributed by atoms with Crippen LogP contribution in [-0.4, -0.2) is 65.4 Å². The van der Waals surface area contributed by atoms with Crippen molar-refractivity contribution in [1.29, 1.82) is 5.26 Å². The van der Waals surface area contributed by atoms with Crippen LogP contribution in [-0.2, 0) is 11.3 Å². The maximum atomic E-state index is 12.9. The molecule has 0 aliphatic carbocycles. The van der Waals surface area contributed by atoms with Gasteiger partial charge in [0, 0.05) is 56.3 Å². The van der Waals surface area contributed by atoms with E-state index in [-0.39, 0.29) is 5.91 Å². The number of hydrogen-bond acceptors (Lipinski definition) is 8. The monoisotopic (exact) mass is 437 g/mol. The van der Waals surface area contributed by atoms with Crippen LogP contribution in [0.3, 0.4) is 0 Å². The zero-order chi connectivity index (χ0) is 21.8. The first-order chi connectivity index (χ1) is 15.1. The van der Waals surface area contributed by atoms with Crippen molar-refractivity contribution in [3.05, 3.63) is 47.4 Å². The Morgan fingerprint density at radius 3 is 2.97 bits per heavy atom. The molecule has 1 amide bonds. The second-order valence-electron chi connectivity index (χ2n) is 7.03. The van der Waals surface area contributed by atoms with Crippen LogP contribution in [0, 0.1) is 11.3 Å². The van der Waals surface area contributed by atoms with Crippen molar-refractivity contribution in [2.24, 2.45) is 0 Å². The van der Waals surface area contributed by atoms with Crippen LogP contribution in [0.4, 0.5) is 11.5 Å². The number of morpholine rings is 1. The minimum Gasteiger partial charge on any atom is -0.379 e. The van der Waals surface area contributed by atoms with E-state index in [0.29, 0.717) is 60.8 Å². The maximum absolute atomic E-state index is 12.9. The van der Waals surface area contributed by atoms with Crippen LogP contribution in [0.1, 0.15) is 21.6 Å². The number of hydrogen-bond donors (Lipinski definition) is 2.